The molecule has 0 spiro atoms. The van der Waals surface area contributed by atoms with Crippen LogP contribution in [0.1, 0.15) is 44.7 Å². The molecule has 2 nitrogen and oxygen atoms in total. The maximum Gasteiger partial charge on any atom is 0.0335 e. The molecule has 1 aromatic rings. The third-order valence-corrected chi connectivity index (χ3v) is 3.32. The summed E-state index contributed by atoms with van der Waals surface area (Å²) in [4.78, 5) is 0. The molecule has 0 heterocycles. The summed E-state index contributed by atoms with van der Waals surface area (Å²) in [6, 6.07) is 10.5. The highest BCUT2D eigenvalue weighted by molar-refractivity contribution is 5.19. The van der Waals surface area contributed by atoms with E-state index in [1.54, 1.807) is 0 Å². The highest BCUT2D eigenvalue weighted by Gasteiger charge is 2.20. The van der Waals surface area contributed by atoms with Gasteiger partial charge in [-0.25, -0.2) is 0 Å². The Morgan fingerprint density at radius 2 is 1.75 bits per heavy atom. The minimum Gasteiger partial charge on any atom is -0.327 e. The van der Waals surface area contributed by atoms with Crippen LogP contribution in [0.5, 0.6) is 0 Å². The van der Waals surface area contributed by atoms with E-state index < -0.39 is 0 Å². The van der Waals surface area contributed by atoms with Gasteiger partial charge < -0.3 is 11.5 Å². The molecular weight excluding hydrogens is 196 g/mol. The third kappa shape index (κ3) is 3.62. The van der Waals surface area contributed by atoms with E-state index in [1.165, 1.54) is 18.4 Å². The van der Waals surface area contributed by atoms with Crippen molar-refractivity contribution in [2.75, 3.05) is 0 Å². The van der Waals surface area contributed by atoms with E-state index in [1.807, 2.05) is 18.2 Å². The van der Waals surface area contributed by atoms with Crippen molar-refractivity contribution in [2.45, 2.75) is 45.2 Å². The Kier molecular flexibility index (Phi) is 5.50. The molecule has 3 atom stereocenters. The Morgan fingerprint density at radius 3 is 2.31 bits per heavy atom. The van der Waals surface area contributed by atoms with Crippen molar-refractivity contribution < 1.29 is 0 Å². The third-order valence-electron chi connectivity index (χ3n) is 3.32. The molecule has 0 aliphatic heterocycles. The summed E-state index contributed by atoms with van der Waals surface area (Å²) in [6.45, 7) is 4.34. The zero-order valence-corrected chi connectivity index (χ0v) is 10.4. The standard InChI is InChI=1S/C14H24N2/c1-3-4-10-13(15)11(2)14(16)12-8-6-5-7-9-12/h5-9,11,13-14H,3-4,10,15-16H2,1-2H3. The predicted octanol–water partition coefficient (Wildman–Crippen LogP) is 2.84. The van der Waals surface area contributed by atoms with Gasteiger partial charge in [-0.1, -0.05) is 57.0 Å². The fourth-order valence-corrected chi connectivity index (χ4v) is 1.95. The van der Waals surface area contributed by atoms with Crippen LogP contribution in [0.25, 0.3) is 0 Å². The second-order valence-electron chi connectivity index (χ2n) is 4.60. The molecule has 2 heteroatoms. The Hall–Kier alpha value is -0.860. The summed E-state index contributed by atoms with van der Waals surface area (Å²) in [7, 11) is 0. The quantitative estimate of drug-likeness (QED) is 0.774. The van der Waals surface area contributed by atoms with Crippen LogP contribution in [0.4, 0.5) is 0 Å². The molecule has 3 unspecified atom stereocenters. The lowest BCUT2D eigenvalue weighted by atomic mass is 9.87. The van der Waals surface area contributed by atoms with Gasteiger partial charge in [-0.05, 0) is 17.9 Å². The second kappa shape index (κ2) is 6.66. The normalized spacial score (nSPS) is 16.8. The Balaban J connectivity index is 2.56. The van der Waals surface area contributed by atoms with E-state index in [0.29, 0.717) is 5.92 Å². The first-order chi connectivity index (χ1) is 7.66. The lowest BCUT2D eigenvalue weighted by molar-refractivity contribution is 0.361. The summed E-state index contributed by atoms with van der Waals surface area (Å²) < 4.78 is 0. The lowest BCUT2D eigenvalue weighted by Crippen LogP contribution is -2.35. The summed E-state index contributed by atoms with van der Waals surface area (Å²) in [5, 5.41) is 0. The van der Waals surface area contributed by atoms with Gasteiger partial charge in [0.1, 0.15) is 0 Å². The zero-order chi connectivity index (χ0) is 12.0. The number of hydrogen-bond donors (Lipinski definition) is 2. The average Bonchev–Trinajstić information content (AvgIpc) is 2.35. The van der Waals surface area contributed by atoms with E-state index in [0.717, 1.165) is 6.42 Å². The SMILES string of the molecule is CCCCC(N)C(C)C(N)c1ccccc1. The molecule has 0 aliphatic carbocycles. The second-order valence-corrected chi connectivity index (χ2v) is 4.60. The van der Waals surface area contributed by atoms with Gasteiger partial charge in [-0.2, -0.15) is 0 Å². The number of unbranched alkanes of at least 4 members (excludes halogenated alkanes) is 1. The largest absolute Gasteiger partial charge is 0.327 e. The maximum atomic E-state index is 6.23. The lowest BCUT2D eigenvalue weighted by Gasteiger charge is -2.26. The van der Waals surface area contributed by atoms with Crippen molar-refractivity contribution in [3.8, 4) is 0 Å². The van der Waals surface area contributed by atoms with Crippen LogP contribution in [0.3, 0.4) is 0 Å². The molecule has 0 saturated heterocycles. The van der Waals surface area contributed by atoms with Crippen LogP contribution in [0, 0.1) is 5.92 Å². The number of nitrogens with two attached hydrogens (primary N) is 2. The van der Waals surface area contributed by atoms with Crippen LogP contribution in [-0.2, 0) is 0 Å². The molecule has 1 rings (SSSR count). The van der Waals surface area contributed by atoms with Crippen LogP contribution in [0.2, 0.25) is 0 Å². The van der Waals surface area contributed by atoms with E-state index in [4.69, 9.17) is 11.5 Å². The van der Waals surface area contributed by atoms with Crippen LogP contribution in [-0.4, -0.2) is 6.04 Å². The van der Waals surface area contributed by atoms with Gasteiger partial charge in [0.05, 0.1) is 0 Å². The Morgan fingerprint density at radius 1 is 1.12 bits per heavy atom. The number of rotatable bonds is 6. The fraction of sp³-hybridized carbons (Fsp3) is 0.571. The summed E-state index contributed by atoms with van der Waals surface area (Å²) in [6.07, 6.45) is 3.45. The zero-order valence-electron chi connectivity index (χ0n) is 10.4. The average molecular weight is 220 g/mol. The van der Waals surface area contributed by atoms with Gasteiger partial charge in [0.25, 0.3) is 0 Å². The van der Waals surface area contributed by atoms with Crippen molar-refractivity contribution in [2.24, 2.45) is 17.4 Å². The van der Waals surface area contributed by atoms with Gasteiger partial charge in [0.15, 0.2) is 0 Å². The first kappa shape index (κ1) is 13.2. The van der Waals surface area contributed by atoms with Crippen LogP contribution >= 0.6 is 0 Å². The minimum atomic E-state index is 0.0491. The maximum absolute atomic E-state index is 6.23. The van der Waals surface area contributed by atoms with Crippen molar-refractivity contribution in [1.29, 1.82) is 0 Å². The topological polar surface area (TPSA) is 52.0 Å². The minimum absolute atomic E-state index is 0.0491. The van der Waals surface area contributed by atoms with E-state index in [-0.39, 0.29) is 12.1 Å². The molecule has 16 heavy (non-hydrogen) atoms. The van der Waals surface area contributed by atoms with Crippen molar-refractivity contribution in [3.63, 3.8) is 0 Å². The van der Waals surface area contributed by atoms with Gasteiger partial charge in [0, 0.05) is 12.1 Å². The molecule has 0 bridgehead atoms. The number of benzene rings is 1. The molecule has 1 aromatic carbocycles. The summed E-state index contributed by atoms with van der Waals surface area (Å²) >= 11 is 0. The van der Waals surface area contributed by atoms with Gasteiger partial charge in [-0.15, -0.1) is 0 Å². The van der Waals surface area contributed by atoms with Crippen molar-refractivity contribution in [3.05, 3.63) is 35.9 Å². The van der Waals surface area contributed by atoms with Crippen LogP contribution in [0.15, 0.2) is 30.3 Å². The summed E-state index contributed by atoms with van der Waals surface area (Å²) in [5.41, 5.74) is 13.6. The molecule has 0 aromatic heterocycles. The Bertz CT molecular complexity index is 284. The summed E-state index contributed by atoms with van der Waals surface area (Å²) in [5.74, 6) is 0.328. The predicted molar refractivity (Wildman–Crippen MR) is 70.0 cm³/mol. The van der Waals surface area contributed by atoms with Gasteiger partial charge >= 0.3 is 0 Å². The molecule has 0 aliphatic rings. The molecule has 0 saturated carbocycles. The van der Waals surface area contributed by atoms with Crippen molar-refractivity contribution in [1.82, 2.24) is 0 Å². The first-order valence-corrected chi connectivity index (χ1v) is 6.23. The van der Waals surface area contributed by atoms with Gasteiger partial charge in [0.2, 0.25) is 0 Å². The van der Waals surface area contributed by atoms with E-state index >= 15 is 0 Å². The first-order valence-electron chi connectivity index (χ1n) is 6.23. The molecular formula is C14H24N2. The highest BCUT2D eigenvalue weighted by atomic mass is 14.7. The van der Waals surface area contributed by atoms with E-state index in [2.05, 4.69) is 26.0 Å². The molecule has 0 fully saturated rings. The monoisotopic (exact) mass is 220 g/mol. The Labute approximate surface area is 99.0 Å². The smallest absolute Gasteiger partial charge is 0.0335 e. The molecule has 0 amide bonds. The fourth-order valence-electron chi connectivity index (χ4n) is 1.95. The molecule has 4 N–H and O–H groups in total. The van der Waals surface area contributed by atoms with Crippen molar-refractivity contribution >= 4 is 0 Å². The highest BCUT2D eigenvalue weighted by Crippen LogP contribution is 2.23. The van der Waals surface area contributed by atoms with Crippen LogP contribution < -0.4 is 11.5 Å². The molecule has 90 valence electrons. The number of hydrogen-bond acceptors (Lipinski definition) is 2. The molecule has 0 radical (unpaired) electrons. The van der Waals surface area contributed by atoms with E-state index in [9.17, 15) is 0 Å². The van der Waals surface area contributed by atoms with Gasteiger partial charge in [-0.3, -0.25) is 0 Å².